The van der Waals surface area contributed by atoms with Gasteiger partial charge in [-0.05, 0) is 50.9 Å². The first kappa shape index (κ1) is 15.4. The minimum absolute atomic E-state index is 0.0631. The lowest BCUT2D eigenvalue weighted by Crippen LogP contribution is -2.43. The third kappa shape index (κ3) is 2.50. The van der Waals surface area contributed by atoms with Gasteiger partial charge in [-0.25, -0.2) is 4.68 Å². The van der Waals surface area contributed by atoms with Gasteiger partial charge >= 0.3 is 0 Å². The van der Waals surface area contributed by atoms with Crippen LogP contribution < -0.4 is 9.64 Å². The molecule has 0 saturated heterocycles. The number of hydrogen-bond donors (Lipinski definition) is 1. The first-order chi connectivity index (χ1) is 10.4. The van der Waals surface area contributed by atoms with Gasteiger partial charge in [0, 0.05) is 12.6 Å². The third-order valence-corrected chi connectivity index (χ3v) is 4.62. The first-order valence-electron chi connectivity index (χ1n) is 6.57. The van der Waals surface area contributed by atoms with Crippen LogP contribution >= 0.6 is 31.9 Å². The zero-order valence-electron chi connectivity index (χ0n) is 11.9. The van der Waals surface area contributed by atoms with Crippen LogP contribution in [0.3, 0.4) is 0 Å². The highest BCUT2D eigenvalue weighted by atomic mass is 79.9. The lowest BCUT2D eigenvalue weighted by atomic mass is 10.1. The predicted molar refractivity (Wildman–Crippen MR) is 88.5 cm³/mol. The molecule has 1 amide bonds. The topological polar surface area (TPSA) is 67.6 Å². The molecule has 1 aromatic carbocycles. The van der Waals surface area contributed by atoms with Crippen LogP contribution in [0.2, 0.25) is 0 Å². The van der Waals surface area contributed by atoms with Gasteiger partial charge < -0.3 is 9.84 Å². The van der Waals surface area contributed by atoms with Crippen molar-refractivity contribution in [1.82, 2.24) is 9.78 Å². The zero-order chi connectivity index (χ0) is 16.0. The number of fused-ring (bicyclic) bond motifs is 1. The van der Waals surface area contributed by atoms with Gasteiger partial charge in [-0.3, -0.25) is 9.69 Å². The van der Waals surface area contributed by atoms with E-state index in [1.54, 1.807) is 35.0 Å². The summed E-state index contributed by atoms with van der Waals surface area (Å²) in [4.78, 5) is 14.5. The Bertz CT molecular complexity index is 737. The summed E-state index contributed by atoms with van der Waals surface area (Å²) in [5, 5.41) is 13.9. The number of rotatable bonds is 1. The van der Waals surface area contributed by atoms with Gasteiger partial charge in [0.05, 0.1) is 21.7 Å². The van der Waals surface area contributed by atoms with Gasteiger partial charge in [0.1, 0.15) is 11.9 Å². The number of anilines is 1. The number of aromatic nitrogens is 2. The molecule has 0 aliphatic carbocycles. The van der Waals surface area contributed by atoms with Crippen LogP contribution in [0.15, 0.2) is 27.3 Å². The van der Waals surface area contributed by atoms with Crippen LogP contribution in [0.25, 0.3) is 0 Å². The van der Waals surface area contributed by atoms with Gasteiger partial charge in [-0.1, -0.05) is 0 Å². The molecule has 0 bridgehead atoms. The Labute approximate surface area is 143 Å². The molecule has 1 aliphatic rings. The molecule has 8 heteroatoms. The second-order valence-corrected chi connectivity index (χ2v) is 6.80. The Hall–Kier alpha value is -1.54. The molecule has 2 aromatic rings. The van der Waals surface area contributed by atoms with Crippen molar-refractivity contribution in [2.45, 2.75) is 13.0 Å². The van der Waals surface area contributed by atoms with Crippen LogP contribution in [0.5, 0.6) is 11.5 Å². The van der Waals surface area contributed by atoms with Crippen molar-refractivity contribution in [3.05, 3.63) is 32.8 Å². The number of halogens is 2. The highest BCUT2D eigenvalue weighted by Crippen LogP contribution is 2.36. The largest absolute Gasteiger partial charge is 0.506 e. The quantitative estimate of drug-likeness (QED) is 0.754. The second-order valence-electron chi connectivity index (χ2n) is 5.09. The van der Waals surface area contributed by atoms with Gasteiger partial charge in [-0.2, -0.15) is 5.10 Å². The molecule has 1 aliphatic heterocycles. The third-order valence-electron chi connectivity index (χ3n) is 3.41. The predicted octanol–water partition coefficient (Wildman–Crippen LogP) is 3.08. The maximum absolute atomic E-state index is 12.9. The number of phenolic OH excluding ortho intramolecular Hbond substituents is 1. The SMILES string of the molecule is C[C@H]1CN(C(=O)c2cc(Br)c(O)c(Br)c2)c2c(cnn2C)O1. The number of benzene rings is 1. The monoisotopic (exact) mass is 429 g/mol. The summed E-state index contributed by atoms with van der Waals surface area (Å²) in [5.74, 6) is 1.10. The Kier molecular flexibility index (Phi) is 3.90. The highest BCUT2D eigenvalue weighted by molar-refractivity contribution is 9.11. The molecule has 22 heavy (non-hydrogen) atoms. The van der Waals surface area contributed by atoms with Crippen LogP contribution in [0.1, 0.15) is 17.3 Å². The standard InChI is InChI=1S/C14H13Br2N3O3/c1-7-6-19(13-11(22-7)5-17-18(13)2)14(21)8-3-9(15)12(20)10(16)4-8/h3-5,7,20H,6H2,1-2H3/t7-/m0/s1. The van der Waals surface area contributed by atoms with E-state index in [4.69, 9.17) is 4.74 Å². The molecular formula is C14H13Br2N3O3. The summed E-state index contributed by atoms with van der Waals surface area (Å²) in [7, 11) is 1.76. The molecule has 3 rings (SSSR count). The van der Waals surface area contributed by atoms with Crippen molar-refractivity contribution in [1.29, 1.82) is 0 Å². The number of hydrogen-bond acceptors (Lipinski definition) is 4. The summed E-state index contributed by atoms with van der Waals surface area (Å²) in [6, 6.07) is 3.19. The molecule has 0 unspecified atom stereocenters. The minimum atomic E-state index is -0.179. The normalized spacial score (nSPS) is 17.1. The summed E-state index contributed by atoms with van der Waals surface area (Å²) < 4.78 is 8.23. The Balaban J connectivity index is 2.04. The van der Waals surface area contributed by atoms with E-state index in [2.05, 4.69) is 37.0 Å². The number of aryl methyl sites for hydroxylation is 1. The molecular weight excluding hydrogens is 418 g/mol. The van der Waals surface area contributed by atoms with Crippen LogP contribution in [-0.4, -0.2) is 33.4 Å². The molecule has 1 N–H and O–H groups in total. The van der Waals surface area contributed by atoms with Crippen LogP contribution in [-0.2, 0) is 7.05 Å². The number of amides is 1. The number of nitrogens with zero attached hydrogens (tertiary/aromatic N) is 3. The summed E-state index contributed by atoms with van der Waals surface area (Å²) in [6.45, 7) is 2.33. The number of carbonyl (C=O) groups excluding carboxylic acids is 1. The molecule has 0 spiro atoms. The van der Waals surface area contributed by atoms with E-state index in [1.807, 2.05) is 6.92 Å². The van der Waals surface area contributed by atoms with Gasteiger partial charge in [0.25, 0.3) is 5.91 Å². The fourth-order valence-corrected chi connectivity index (χ4v) is 3.61. The fraction of sp³-hybridized carbons (Fsp3) is 0.286. The Morgan fingerprint density at radius 2 is 2.05 bits per heavy atom. The Morgan fingerprint density at radius 3 is 2.68 bits per heavy atom. The van der Waals surface area contributed by atoms with E-state index in [0.717, 1.165) is 0 Å². The smallest absolute Gasteiger partial charge is 0.259 e. The zero-order valence-corrected chi connectivity index (χ0v) is 15.0. The minimum Gasteiger partial charge on any atom is -0.506 e. The molecule has 0 saturated carbocycles. The number of aromatic hydroxyl groups is 1. The number of phenols is 1. The maximum Gasteiger partial charge on any atom is 0.259 e. The van der Waals surface area contributed by atoms with Gasteiger partial charge in [0.2, 0.25) is 0 Å². The average Bonchev–Trinajstić information content (AvgIpc) is 2.84. The summed E-state index contributed by atoms with van der Waals surface area (Å²) in [6.07, 6.45) is 1.48. The van der Waals surface area contributed by atoms with Crippen LogP contribution in [0, 0.1) is 0 Å². The van der Waals surface area contributed by atoms with Crippen molar-refractivity contribution in [2.75, 3.05) is 11.4 Å². The summed E-state index contributed by atoms with van der Waals surface area (Å²) in [5.41, 5.74) is 0.456. The van der Waals surface area contributed by atoms with E-state index >= 15 is 0 Å². The van der Waals surface area contributed by atoms with Gasteiger partial charge in [0.15, 0.2) is 11.6 Å². The molecule has 0 fully saturated rings. The first-order valence-corrected chi connectivity index (χ1v) is 8.15. The average molecular weight is 431 g/mol. The van der Waals surface area contributed by atoms with Crippen LogP contribution in [0.4, 0.5) is 5.82 Å². The number of carbonyl (C=O) groups is 1. The van der Waals surface area contributed by atoms with Crippen molar-refractivity contribution >= 4 is 43.6 Å². The summed E-state index contributed by atoms with van der Waals surface area (Å²) >= 11 is 6.49. The highest BCUT2D eigenvalue weighted by Gasteiger charge is 2.32. The lowest BCUT2D eigenvalue weighted by Gasteiger charge is -2.31. The van der Waals surface area contributed by atoms with E-state index in [1.165, 1.54) is 0 Å². The van der Waals surface area contributed by atoms with Crippen molar-refractivity contribution in [3.63, 3.8) is 0 Å². The van der Waals surface area contributed by atoms with Gasteiger partial charge in [-0.15, -0.1) is 0 Å². The molecule has 1 atom stereocenters. The van der Waals surface area contributed by atoms with Crippen molar-refractivity contribution in [2.24, 2.45) is 7.05 Å². The fourth-order valence-electron chi connectivity index (χ4n) is 2.42. The van der Waals surface area contributed by atoms with Crippen molar-refractivity contribution in [3.8, 4) is 11.5 Å². The number of ether oxygens (including phenoxy) is 1. The molecule has 1 aromatic heterocycles. The van der Waals surface area contributed by atoms with E-state index < -0.39 is 0 Å². The molecule has 116 valence electrons. The van der Waals surface area contributed by atoms with E-state index in [-0.39, 0.29) is 17.8 Å². The lowest BCUT2D eigenvalue weighted by molar-refractivity contribution is 0.0958. The second kappa shape index (κ2) is 5.58. The maximum atomic E-state index is 12.9. The van der Waals surface area contributed by atoms with E-state index in [9.17, 15) is 9.90 Å². The molecule has 0 radical (unpaired) electrons. The Morgan fingerprint density at radius 1 is 1.41 bits per heavy atom. The molecule has 2 heterocycles. The van der Waals surface area contributed by atoms with E-state index in [0.29, 0.717) is 32.6 Å². The molecule has 6 nitrogen and oxygen atoms in total. The van der Waals surface area contributed by atoms with Crippen molar-refractivity contribution < 1.29 is 14.6 Å².